The topological polar surface area (TPSA) is 0 Å². The highest BCUT2D eigenvalue weighted by Gasteiger charge is 2.18. The van der Waals surface area contributed by atoms with Gasteiger partial charge in [-0.1, -0.05) is 44.0 Å². The van der Waals surface area contributed by atoms with E-state index in [1.807, 2.05) is 19.1 Å². The Kier molecular flexibility index (Phi) is 3.69. The minimum absolute atomic E-state index is 0.0444. The molecule has 0 N–H and O–H groups in total. The molecule has 0 nitrogen and oxygen atoms in total. The minimum atomic E-state index is -0.249. The van der Waals surface area contributed by atoms with E-state index >= 15 is 0 Å². The van der Waals surface area contributed by atoms with Crippen LogP contribution < -0.4 is 0 Å². The van der Waals surface area contributed by atoms with E-state index < -0.39 is 0 Å². The summed E-state index contributed by atoms with van der Waals surface area (Å²) in [5.74, 6) is -0.249. The Morgan fingerprint density at radius 1 is 1.16 bits per heavy atom. The fourth-order valence-electron chi connectivity index (χ4n) is 2.04. The predicted octanol–water partition coefficient (Wildman–Crippen LogP) is 5.55. The van der Waals surface area contributed by atoms with Crippen molar-refractivity contribution in [2.24, 2.45) is 0 Å². The highest BCUT2D eigenvalue weighted by atomic mass is 35.5. The van der Waals surface area contributed by atoms with E-state index in [4.69, 9.17) is 11.6 Å². The van der Waals surface area contributed by atoms with Crippen LogP contribution in [0.2, 0.25) is 5.02 Å². The van der Waals surface area contributed by atoms with E-state index in [0.717, 1.165) is 11.1 Å². The summed E-state index contributed by atoms with van der Waals surface area (Å²) in [7, 11) is 0. The van der Waals surface area contributed by atoms with E-state index in [0.29, 0.717) is 16.1 Å². The average molecular weight is 276 g/mol. The number of hydrogen-bond donors (Lipinski definition) is 0. The maximum absolute atomic E-state index is 13.9. The van der Waals surface area contributed by atoms with Crippen LogP contribution in [0.3, 0.4) is 0 Å². The molecule has 0 saturated carbocycles. The van der Waals surface area contributed by atoms with Crippen molar-refractivity contribution in [3.8, 4) is 11.1 Å². The molecule has 2 rings (SSSR count). The quantitative estimate of drug-likeness (QED) is 0.640. The summed E-state index contributed by atoms with van der Waals surface area (Å²) in [6.45, 7) is 8.22. The molecular formula is C17H17ClF. The van der Waals surface area contributed by atoms with E-state index in [1.165, 1.54) is 6.07 Å². The SMILES string of the molecule is Cc1ccc(F)c(-c2[c]cc(C(C)(C)C)c(Cl)c2)c1. The zero-order valence-corrected chi connectivity index (χ0v) is 12.4. The van der Waals surface area contributed by atoms with Gasteiger partial charge in [0.15, 0.2) is 0 Å². The van der Waals surface area contributed by atoms with Gasteiger partial charge >= 0.3 is 0 Å². The molecule has 2 aromatic carbocycles. The van der Waals surface area contributed by atoms with Crippen molar-refractivity contribution in [1.29, 1.82) is 0 Å². The third-order valence-corrected chi connectivity index (χ3v) is 3.43. The molecule has 0 fully saturated rings. The van der Waals surface area contributed by atoms with Crippen molar-refractivity contribution < 1.29 is 4.39 Å². The van der Waals surface area contributed by atoms with Crippen molar-refractivity contribution in [3.05, 3.63) is 58.4 Å². The Balaban J connectivity index is 2.54. The summed E-state index contributed by atoms with van der Waals surface area (Å²) in [4.78, 5) is 0. The summed E-state index contributed by atoms with van der Waals surface area (Å²) < 4.78 is 13.9. The average Bonchev–Trinajstić information content (AvgIpc) is 2.30. The zero-order valence-electron chi connectivity index (χ0n) is 11.6. The first-order valence-corrected chi connectivity index (χ1v) is 6.65. The number of halogens is 2. The molecule has 1 radical (unpaired) electrons. The van der Waals surface area contributed by atoms with Crippen LogP contribution in [0.1, 0.15) is 31.9 Å². The second-order valence-corrected chi connectivity index (χ2v) is 6.25. The lowest BCUT2D eigenvalue weighted by Gasteiger charge is -2.21. The highest BCUT2D eigenvalue weighted by molar-refractivity contribution is 6.31. The van der Waals surface area contributed by atoms with Gasteiger partial charge in [0.1, 0.15) is 5.82 Å². The molecule has 0 saturated heterocycles. The Morgan fingerprint density at radius 2 is 1.84 bits per heavy atom. The largest absolute Gasteiger partial charge is 0.206 e. The number of hydrogen-bond acceptors (Lipinski definition) is 0. The van der Waals surface area contributed by atoms with Gasteiger partial charge in [0, 0.05) is 10.6 Å². The maximum atomic E-state index is 13.9. The molecule has 2 heteroatoms. The van der Waals surface area contributed by atoms with Gasteiger partial charge in [0.2, 0.25) is 0 Å². The summed E-state index contributed by atoms with van der Waals surface area (Å²) >= 11 is 6.31. The second kappa shape index (κ2) is 4.97. The van der Waals surface area contributed by atoms with Crippen LogP contribution in [-0.2, 0) is 5.41 Å². The van der Waals surface area contributed by atoms with E-state index in [9.17, 15) is 4.39 Å². The van der Waals surface area contributed by atoms with Crippen LogP contribution in [0.4, 0.5) is 4.39 Å². The van der Waals surface area contributed by atoms with Crippen molar-refractivity contribution in [2.75, 3.05) is 0 Å². The Bertz CT molecular complexity index is 609. The van der Waals surface area contributed by atoms with Gasteiger partial charge in [-0.25, -0.2) is 4.39 Å². The fourth-order valence-corrected chi connectivity index (χ4v) is 2.49. The lowest BCUT2D eigenvalue weighted by atomic mass is 9.86. The van der Waals surface area contributed by atoms with Gasteiger partial charge in [-0.15, -0.1) is 0 Å². The Morgan fingerprint density at radius 3 is 2.42 bits per heavy atom. The molecule has 0 aliphatic heterocycles. The van der Waals surface area contributed by atoms with Crippen LogP contribution >= 0.6 is 11.6 Å². The summed E-state index contributed by atoms with van der Waals surface area (Å²) in [5, 5.41) is 0.655. The lowest BCUT2D eigenvalue weighted by molar-refractivity contribution is 0.590. The molecule has 0 amide bonds. The molecule has 0 atom stereocenters. The standard InChI is InChI=1S/C17H17ClF/c1-11-5-8-16(19)13(9-11)12-6-7-14(15(18)10-12)17(2,3)4/h5,7-10H,1-4H3. The van der Waals surface area contributed by atoms with E-state index in [2.05, 4.69) is 26.8 Å². The normalized spacial score (nSPS) is 11.7. The first-order valence-electron chi connectivity index (χ1n) is 6.27. The summed E-state index contributed by atoms with van der Waals surface area (Å²) in [5.41, 5.74) is 3.23. The third-order valence-electron chi connectivity index (χ3n) is 3.12. The molecule has 0 bridgehead atoms. The smallest absolute Gasteiger partial charge is 0.131 e. The van der Waals surface area contributed by atoms with Gasteiger partial charge in [0.25, 0.3) is 0 Å². The summed E-state index contributed by atoms with van der Waals surface area (Å²) in [6.07, 6.45) is 0. The van der Waals surface area contributed by atoms with Gasteiger partial charge < -0.3 is 0 Å². The molecule has 19 heavy (non-hydrogen) atoms. The number of benzene rings is 2. The van der Waals surface area contributed by atoms with E-state index in [1.54, 1.807) is 12.1 Å². The highest BCUT2D eigenvalue weighted by Crippen LogP contribution is 2.33. The van der Waals surface area contributed by atoms with Gasteiger partial charge in [-0.05, 0) is 53.8 Å². The fraction of sp³-hybridized carbons (Fsp3) is 0.294. The maximum Gasteiger partial charge on any atom is 0.131 e. The lowest BCUT2D eigenvalue weighted by Crippen LogP contribution is -2.11. The van der Waals surface area contributed by atoms with Crippen LogP contribution in [0, 0.1) is 18.8 Å². The Labute approximate surface area is 119 Å². The second-order valence-electron chi connectivity index (χ2n) is 5.84. The molecule has 0 unspecified atom stereocenters. The third kappa shape index (κ3) is 2.98. The molecule has 0 aromatic heterocycles. The molecule has 0 spiro atoms. The molecule has 0 aliphatic rings. The first-order chi connectivity index (χ1) is 8.79. The van der Waals surface area contributed by atoms with Crippen LogP contribution in [0.15, 0.2) is 30.3 Å². The molecular weight excluding hydrogens is 259 g/mol. The monoisotopic (exact) mass is 275 g/mol. The zero-order chi connectivity index (χ0) is 14.2. The minimum Gasteiger partial charge on any atom is -0.206 e. The van der Waals surface area contributed by atoms with E-state index in [-0.39, 0.29) is 11.2 Å². The van der Waals surface area contributed by atoms with Crippen LogP contribution in [-0.4, -0.2) is 0 Å². The van der Waals surface area contributed by atoms with Gasteiger partial charge in [-0.3, -0.25) is 0 Å². The summed E-state index contributed by atoms with van der Waals surface area (Å²) in [6, 6.07) is 11.8. The molecule has 0 heterocycles. The first kappa shape index (κ1) is 14.1. The van der Waals surface area contributed by atoms with Crippen molar-refractivity contribution in [1.82, 2.24) is 0 Å². The molecule has 0 aliphatic carbocycles. The number of rotatable bonds is 1. The van der Waals surface area contributed by atoms with Crippen molar-refractivity contribution in [3.63, 3.8) is 0 Å². The van der Waals surface area contributed by atoms with Gasteiger partial charge in [-0.2, -0.15) is 0 Å². The van der Waals surface area contributed by atoms with Crippen LogP contribution in [0.25, 0.3) is 11.1 Å². The number of aryl methyl sites for hydroxylation is 1. The van der Waals surface area contributed by atoms with Gasteiger partial charge in [0.05, 0.1) is 0 Å². The molecule has 2 aromatic rings. The van der Waals surface area contributed by atoms with Crippen LogP contribution in [0.5, 0.6) is 0 Å². The predicted molar refractivity (Wildman–Crippen MR) is 79.1 cm³/mol. The Hall–Kier alpha value is -1.34. The van der Waals surface area contributed by atoms with Crippen molar-refractivity contribution >= 4 is 11.6 Å². The molecule has 99 valence electrons. The van der Waals surface area contributed by atoms with Crippen molar-refractivity contribution in [2.45, 2.75) is 33.1 Å².